The molecule has 0 rings (SSSR count). The maximum absolute atomic E-state index is 7.89. The molecule has 0 radical (unpaired) electrons. The van der Waals surface area contributed by atoms with Crippen molar-refractivity contribution in [3.63, 3.8) is 0 Å². The molecular weight excluding hydrogens is 104 g/mol. The average molecular weight is 114 g/mol. The van der Waals surface area contributed by atoms with Crippen LogP contribution in [0.15, 0.2) is 5.11 Å². The molecule has 0 aromatic carbocycles. The maximum atomic E-state index is 7.89. The van der Waals surface area contributed by atoms with Gasteiger partial charge in [-0.15, -0.1) is 0 Å². The topological polar surface area (TPSA) is 60.8 Å². The van der Waals surface area contributed by atoms with Gasteiger partial charge in [-0.2, -0.15) is 0 Å². The minimum Gasteiger partial charge on any atom is -0.319 e. The summed E-state index contributed by atoms with van der Waals surface area (Å²) < 4.78 is 0. The first-order chi connectivity index (χ1) is 3.81. The largest absolute Gasteiger partial charge is 0.319 e. The number of hydrogen-bond donors (Lipinski definition) is 1. The molecule has 0 heterocycles. The minimum atomic E-state index is 0.0602. The van der Waals surface area contributed by atoms with Crippen LogP contribution in [0.1, 0.15) is 6.92 Å². The Morgan fingerprint density at radius 1 is 1.88 bits per heavy atom. The summed E-state index contributed by atoms with van der Waals surface area (Å²) in [6, 6.07) is 0.0602. The highest BCUT2D eigenvalue weighted by Crippen LogP contribution is 1.84. The number of nitrogens with zero attached hydrogens (tertiary/aromatic N) is 3. The van der Waals surface area contributed by atoms with Crippen molar-refractivity contribution in [3.8, 4) is 0 Å². The molecule has 0 saturated heterocycles. The summed E-state index contributed by atoms with van der Waals surface area (Å²) in [5.41, 5.74) is 7.89. The van der Waals surface area contributed by atoms with Gasteiger partial charge in [-0.05, 0) is 12.6 Å². The monoisotopic (exact) mass is 114 g/mol. The van der Waals surface area contributed by atoms with Crippen LogP contribution in [0.2, 0.25) is 0 Å². The zero-order valence-electron chi connectivity index (χ0n) is 5.13. The molecule has 1 unspecified atom stereocenters. The molecule has 0 bridgehead atoms. The van der Waals surface area contributed by atoms with Crippen LogP contribution in [0.25, 0.3) is 10.4 Å². The normalized spacial score (nSPS) is 12.2. The summed E-state index contributed by atoms with van der Waals surface area (Å²) >= 11 is 0. The second kappa shape index (κ2) is 4.43. The van der Waals surface area contributed by atoms with Crippen LogP contribution < -0.4 is 5.32 Å². The third-order valence-corrected chi connectivity index (χ3v) is 0.748. The van der Waals surface area contributed by atoms with E-state index in [4.69, 9.17) is 5.53 Å². The highest BCUT2D eigenvalue weighted by Gasteiger charge is 1.91. The van der Waals surface area contributed by atoms with Crippen molar-refractivity contribution in [1.82, 2.24) is 5.32 Å². The lowest BCUT2D eigenvalue weighted by Crippen LogP contribution is -2.18. The number of azide groups is 1. The zero-order valence-corrected chi connectivity index (χ0v) is 5.13. The van der Waals surface area contributed by atoms with E-state index in [1.807, 2.05) is 14.0 Å². The quantitative estimate of drug-likeness (QED) is 0.331. The molecule has 0 spiro atoms. The first kappa shape index (κ1) is 7.27. The summed E-state index contributed by atoms with van der Waals surface area (Å²) in [4.78, 5) is 2.64. The Balaban J connectivity index is 3.31. The summed E-state index contributed by atoms with van der Waals surface area (Å²) in [6.45, 7) is 2.60. The van der Waals surface area contributed by atoms with Gasteiger partial charge in [-0.1, -0.05) is 12.0 Å². The van der Waals surface area contributed by atoms with Crippen molar-refractivity contribution in [1.29, 1.82) is 0 Å². The molecule has 4 nitrogen and oxygen atoms in total. The maximum Gasteiger partial charge on any atom is 0.0470 e. The second-order valence-electron chi connectivity index (χ2n) is 1.61. The predicted molar refractivity (Wildman–Crippen MR) is 32.5 cm³/mol. The van der Waals surface area contributed by atoms with Crippen LogP contribution in [0, 0.1) is 0 Å². The van der Waals surface area contributed by atoms with Gasteiger partial charge in [-0.25, -0.2) is 0 Å². The van der Waals surface area contributed by atoms with E-state index in [1.165, 1.54) is 0 Å². The van der Waals surface area contributed by atoms with E-state index in [0.29, 0.717) is 0 Å². The Kier molecular flexibility index (Phi) is 4.03. The Hall–Kier alpha value is -0.730. The van der Waals surface area contributed by atoms with Crippen molar-refractivity contribution in [3.05, 3.63) is 10.4 Å². The highest BCUT2D eigenvalue weighted by molar-refractivity contribution is 4.60. The molecular formula is C4H10N4. The molecule has 1 atom stereocenters. The Bertz CT molecular complexity index is 94.2. The van der Waals surface area contributed by atoms with Crippen LogP contribution in [0.4, 0.5) is 0 Å². The van der Waals surface area contributed by atoms with E-state index in [1.54, 1.807) is 0 Å². The van der Waals surface area contributed by atoms with Gasteiger partial charge >= 0.3 is 0 Å². The Morgan fingerprint density at radius 2 is 2.50 bits per heavy atom. The molecule has 0 aliphatic rings. The van der Waals surface area contributed by atoms with E-state index in [0.717, 1.165) is 6.54 Å². The van der Waals surface area contributed by atoms with Crippen LogP contribution in [-0.4, -0.2) is 19.6 Å². The van der Waals surface area contributed by atoms with E-state index < -0.39 is 0 Å². The summed E-state index contributed by atoms with van der Waals surface area (Å²) in [5, 5.41) is 6.32. The van der Waals surface area contributed by atoms with Gasteiger partial charge in [0.25, 0.3) is 0 Å². The van der Waals surface area contributed by atoms with Crippen molar-refractivity contribution >= 4 is 0 Å². The fourth-order valence-electron chi connectivity index (χ4n) is 0.424. The lowest BCUT2D eigenvalue weighted by atomic mass is 10.4. The first-order valence-corrected chi connectivity index (χ1v) is 2.50. The van der Waals surface area contributed by atoms with Gasteiger partial charge in [0.1, 0.15) is 0 Å². The van der Waals surface area contributed by atoms with Crippen LogP contribution >= 0.6 is 0 Å². The molecule has 0 aliphatic heterocycles. The molecule has 4 heteroatoms. The average Bonchev–Trinajstić information content (AvgIpc) is 1.68. The van der Waals surface area contributed by atoms with Crippen molar-refractivity contribution in [2.24, 2.45) is 5.11 Å². The van der Waals surface area contributed by atoms with Gasteiger partial charge in [0, 0.05) is 17.5 Å². The van der Waals surface area contributed by atoms with Crippen molar-refractivity contribution in [2.75, 3.05) is 13.6 Å². The zero-order chi connectivity index (χ0) is 6.41. The Morgan fingerprint density at radius 3 is 2.88 bits per heavy atom. The molecule has 0 aliphatic carbocycles. The second-order valence-corrected chi connectivity index (χ2v) is 1.61. The van der Waals surface area contributed by atoms with E-state index >= 15 is 0 Å². The van der Waals surface area contributed by atoms with Crippen molar-refractivity contribution < 1.29 is 0 Å². The summed E-state index contributed by atoms with van der Waals surface area (Å²) in [5.74, 6) is 0. The molecule has 0 aromatic heterocycles. The van der Waals surface area contributed by atoms with Gasteiger partial charge in [0.2, 0.25) is 0 Å². The third kappa shape index (κ3) is 3.46. The van der Waals surface area contributed by atoms with Gasteiger partial charge in [-0.3, -0.25) is 0 Å². The van der Waals surface area contributed by atoms with Crippen LogP contribution in [0.5, 0.6) is 0 Å². The van der Waals surface area contributed by atoms with Gasteiger partial charge in [0.05, 0.1) is 0 Å². The Labute approximate surface area is 48.5 Å². The van der Waals surface area contributed by atoms with Crippen LogP contribution in [0.3, 0.4) is 0 Å². The third-order valence-electron chi connectivity index (χ3n) is 0.748. The van der Waals surface area contributed by atoms with E-state index in [9.17, 15) is 0 Å². The molecule has 0 aromatic rings. The minimum absolute atomic E-state index is 0.0602. The van der Waals surface area contributed by atoms with Gasteiger partial charge < -0.3 is 5.32 Å². The SMILES string of the molecule is CNCC(C)N=[N+]=[N-]. The lowest BCUT2D eigenvalue weighted by molar-refractivity contribution is 0.662. The first-order valence-electron chi connectivity index (χ1n) is 2.50. The van der Waals surface area contributed by atoms with E-state index in [-0.39, 0.29) is 6.04 Å². The lowest BCUT2D eigenvalue weighted by Gasteiger charge is -1.98. The number of rotatable bonds is 3. The van der Waals surface area contributed by atoms with Crippen molar-refractivity contribution in [2.45, 2.75) is 13.0 Å². The molecule has 0 saturated carbocycles. The predicted octanol–water partition coefficient (Wildman–Crippen LogP) is 0.905. The summed E-state index contributed by atoms with van der Waals surface area (Å²) in [7, 11) is 1.82. The number of likely N-dealkylation sites (N-methyl/N-ethyl adjacent to an activating group) is 1. The van der Waals surface area contributed by atoms with Crippen LogP contribution in [-0.2, 0) is 0 Å². The molecule has 1 N–H and O–H groups in total. The summed E-state index contributed by atoms with van der Waals surface area (Å²) in [6.07, 6.45) is 0. The molecule has 0 fully saturated rings. The highest BCUT2D eigenvalue weighted by atomic mass is 15.2. The number of hydrogen-bond acceptors (Lipinski definition) is 2. The van der Waals surface area contributed by atoms with E-state index in [2.05, 4.69) is 15.3 Å². The standard InChI is InChI=1S/C4H10N4/c1-4(3-6-2)7-8-5/h4,6H,3H2,1-2H3. The molecule has 0 amide bonds. The fraction of sp³-hybridized carbons (Fsp3) is 1.00. The molecule has 46 valence electrons. The number of nitrogens with one attached hydrogen (secondary N) is 1. The fourth-order valence-corrected chi connectivity index (χ4v) is 0.424. The molecule has 8 heavy (non-hydrogen) atoms. The van der Waals surface area contributed by atoms with Gasteiger partial charge in [0.15, 0.2) is 0 Å². The smallest absolute Gasteiger partial charge is 0.0470 e.